The van der Waals surface area contributed by atoms with Crippen LogP contribution in [0.15, 0.2) is 97.1 Å². The standard InChI is InChI=1S/C27H29NO/c1-4-11-26(22-12-7-5-8-13-22)27(23-14-9-6-10-15-23)24-16-18-25(19-17-24)29-21-20-28(2)3/h4-19H,20-21H2,1-3H3/b11-4-,27-26-. The average molecular weight is 384 g/mol. The predicted octanol–water partition coefficient (Wildman–Crippen LogP) is 6.16. The van der Waals surface area contributed by atoms with Crippen LogP contribution < -0.4 is 4.74 Å². The molecule has 0 N–H and O–H groups in total. The molecule has 2 nitrogen and oxygen atoms in total. The van der Waals surface area contributed by atoms with Crippen molar-refractivity contribution >= 4 is 11.1 Å². The molecule has 3 aromatic rings. The summed E-state index contributed by atoms with van der Waals surface area (Å²) in [4.78, 5) is 2.12. The summed E-state index contributed by atoms with van der Waals surface area (Å²) in [6, 6.07) is 29.6. The summed E-state index contributed by atoms with van der Waals surface area (Å²) in [5.74, 6) is 0.898. The highest BCUT2D eigenvalue weighted by Gasteiger charge is 2.12. The Morgan fingerprint density at radius 2 is 1.31 bits per heavy atom. The fraction of sp³-hybridized carbons (Fsp3) is 0.185. The highest BCUT2D eigenvalue weighted by atomic mass is 16.5. The van der Waals surface area contributed by atoms with E-state index in [-0.39, 0.29) is 0 Å². The number of benzene rings is 3. The Morgan fingerprint density at radius 3 is 1.86 bits per heavy atom. The van der Waals surface area contributed by atoms with Gasteiger partial charge < -0.3 is 9.64 Å². The fourth-order valence-corrected chi connectivity index (χ4v) is 3.25. The first-order chi connectivity index (χ1) is 14.2. The second kappa shape index (κ2) is 10.4. The molecule has 29 heavy (non-hydrogen) atoms. The van der Waals surface area contributed by atoms with Crippen LogP contribution in [0.1, 0.15) is 23.6 Å². The van der Waals surface area contributed by atoms with Gasteiger partial charge in [-0.2, -0.15) is 0 Å². The van der Waals surface area contributed by atoms with Crippen LogP contribution >= 0.6 is 0 Å². The van der Waals surface area contributed by atoms with Crippen molar-refractivity contribution < 1.29 is 4.74 Å². The molecule has 0 heterocycles. The Balaban J connectivity index is 2.05. The van der Waals surface area contributed by atoms with E-state index in [2.05, 4.69) is 123 Å². The first-order valence-corrected chi connectivity index (χ1v) is 10.0. The maximum atomic E-state index is 5.88. The minimum absolute atomic E-state index is 0.682. The number of hydrogen-bond donors (Lipinski definition) is 0. The van der Waals surface area contributed by atoms with Gasteiger partial charge in [0.05, 0.1) is 0 Å². The molecule has 0 aliphatic heterocycles. The van der Waals surface area contributed by atoms with E-state index < -0.39 is 0 Å². The van der Waals surface area contributed by atoms with Crippen molar-refractivity contribution in [2.24, 2.45) is 0 Å². The molecule has 148 valence electrons. The van der Waals surface area contributed by atoms with E-state index in [1.807, 2.05) is 0 Å². The number of likely N-dealkylation sites (N-methyl/N-ethyl adjacent to an activating group) is 1. The van der Waals surface area contributed by atoms with Crippen LogP contribution in [0.2, 0.25) is 0 Å². The van der Waals surface area contributed by atoms with Crippen molar-refractivity contribution in [3.8, 4) is 5.75 Å². The summed E-state index contributed by atoms with van der Waals surface area (Å²) in [6.45, 7) is 3.64. The molecular weight excluding hydrogens is 354 g/mol. The van der Waals surface area contributed by atoms with Gasteiger partial charge in [0, 0.05) is 6.54 Å². The highest BCUT2D eigenvalue weighted by Crippen LogP contribution is 2.34. The number of allylic oxidation sites excluding steroid dienone is 3. The van der Waals surface area contributed by atoms with Gasteiger partial charge in [0.1, 0.15) is 12.4 Å². The Hall–Kier alpha value is -3.10. The van der Waals surface area contributed by atoms with E-state index in [1.54, 1.807) is 0 Å². The third-order valence-electron chi connectivity index (χ3n) is 4.70. The minimum atomic E-state index is 0.682. The zero-order valence-electron chi connectivity index (χ0n) is 17.5. The van der Waals surface area contributed by atoms with E-state index in [4.69, 9.17) is 4.74 Å². The molecule has 0 saturated heterocycles. The van der Waals surface area contributed by atoms with Gasteiger partial charge in [0.2, 0.25) is 0 Å². The second-order valence-electron chi connectivity index (χ2n) is 7.20. The zero-order valence-corrected chi connectivity index (χ0v) is 17.5. The van der Waals surface area contributed by atoms with Crippen molar-refractivity contribution in [3.63, 3.8) is 0 Å². The van der Waals surface area contributed by atoms with E-state index in [0.29, 0.717) is 6.61 Å². The Morgan fingerprint density at radius 1 is 0.759 bits per heavy atom. The van der Waals surface area contributed by atoms with Gasteiger partial charge in [-0.1, -0.05) is 84.9 Å². The van der Waals surface area contributed by atoms with Crippen LogP contribution in [-0.4, -0.2) is 32.1 Å². The van der Waals surface area contributed by atoms with Crippen molar-refractivity contribution in [2.75, 3.05) is 27.2 Å². The largest absolute Gasteiger partial charge is 0.492 e. The van der Waals surface area contributed by atoms with Gasteiger partial charge in [-0.05, 0) is 61.0 Å². The lowest BCUT2D eigenvalue weighted by Crippen LogP contribution is -2.19. The first-order valence-electron chi connectivity index (χ1n) is 10.0. The maximum absolute atomic E-state index is 5.88. The average Bonchev–Trinajstić information content (AvgIpc) is 2.75. The minimum Gasteiger partial charge on any atom is -0.492 e. The van der Waals surface area contributed by atoms with E-state index in [0.717, 1.165) is 12.3 Å². The molecule has 0 amide bonds. The lowest BCUT2D eigenvalue weighted by atomic mass is 9.89. The molecule has 0 bridgehead atoms. The van der Waals surface area contributed by atoms with Crippen LogP contribution in [0.4, 0.5) is 0 Å². The summed E-state index contributed by atoms with van der Waals surface area (Å²) in [5, 5.41) is 0. The first kappa shape index (κ1) is 20.6. The van der Waals surface area contributed by atoms with Crippen LogP contribution in [-0.2, 0) is 0 Å². The number of nitrogens with zero attached hydrogens (tertiary/aromatic N) is 1. The summed E-state index contributed by atoms with van der Waals surface area (Å²) < 4.78 is 5.88. The van der Waals surface area contributed by atoms with Gasteiger partial charge in [-0.25, -0.2) is 0 Å². The van der Waals surface area contributed by atoms with Gasteiger partial charge in [0.15, 0.2) is 0 Å². The molecule has 0 saturated carbocycles. The number of rotatable bonds is 8. The van der Waals surface area contributed by atoms with Gasteiger partial charge in [-0.3, -0.25) is 0 Å². The second-order valence-corrected chi connectivity index (χ2v) is 7.20. The lowest BCUT2D eigenvalue weighted by Gasteiger charge is -2.16. The van der Waals surface area contributed by atoms with E-state index >= 15 is 0 Å². The molecule has 0 aliphatic carbocycles. The van der Waals surface area contributed by atoms with Crippen LogP contribution in [0.3, 0.4) is 0 Å². The normalized spacial score (nSPS) is 12.3. The lowest BCUT2D eigenvalue weighted by molar-refractivity contribution is 0.261. The smallest absolute Gasteiger partial charge is 0.119 e. The molecule has 3 rings (SSSR count). The summed E-state index contributed by atoms with van der Waals surface area (Å²) in [5.41, 5.74) is 6.00. The van der Waals surface area contributed by atoms with Crippen molar-refractivity contribution in [2.45, 2.75) is 6.92 Å². The quantitative estimate of drug-likeness (QED) is 0.341. The van der Waals surface area contributed by atoms with Crippen molar-refractivity contribution in [1.29, 1.82) is 0 Å². The van der Waals surface area contributed by atoms with Gasteiger partial charge >= 0.3 is 0 Å². The van der Waals surface area contributed by atoms with Crippen molar-refractivity contribution in [1.82, 2.24) is 4.90 Å². The predicted molar refractivity (Wildman–Crippen MR) is 124 cm³/mol. The highest BCUT2D eigenvalue weighted by molar-refractivity contribution is 6.02. The molecule has 0 aliphatic rings. The van der Waals surface area contributed by atoms with Crippen LogP contribution in [0, 0.1) is 0 Å². The Labute approximate surface area is 174 Å². The van der Waals surface area contributed by atoms with Gasteiger partial charge in [0.25, 0.3) is 0 Å². The molecule has 0 atom stereocenters. The zero-order chi connectivity index (χ0) is 20.5. The maximum Gasteiger partial charge on any atom is 0.119 e. The summed E-state index contributed by atoms with van der Waals surface area (Å²) in [6.07, 6.45) is 4.29. The van der Waals surface area contributed by atoms with Crippen molar-refractivity contribution in [3.05, 3.63) is 114 Å². The fourth-order valence-electron chi connectivity index (χ4n) is 3.25. The Bertz CT molecular complexity index is 939. The summed E-state index contributed by atoms with van der Waals surface area (Å²) >= 11 is 0. The monoisotopic (exact) mass is 383 g/mol. The van der Waals surface area contributed by atoms with Crippen LogP contribution in [0.5, 0.6) is 5.75 Å². The molecule has 0 radical (unpaired) electrons. The Kier molecular flexibility index (Phi) is 7.43. The summed E-state index contributed by atoms with van der Waals surface area (Å²) in [7, 11) is 4.10. The molecule has 0 aromatic heterocycles. The van der Waals surface area contributed by atoms with Crippen LogP contribution in [0.25, 0.3) is 11.1 Å². The molecular formula is C27H29NO. The molecule has 3 aromatic carbocycles. The molecule has 0 fully saturated rings. The SMILES string of the molecule is C/C=C\C(=C(/c1ccccc1)c1ccc(OCCN(C)C)cc1)c1ccccc1. The third-order valence-corrected chi connectivity index (χ3v) is 4.70. The van der Waals surface area contributed by atoms with E-state index in [9.17, 15) is 0 Å². The number of ether oxygens (including phenoxy) is 1. The molecule has 0 spiro atoms. The topological polar surface area (TPSA) is 12.5 Å². The molecule has 2 heteroatoms. The van der Waals surface area contributed by atoms with E-state index in [1.165, 1.54) is 27.8 Å². The number of hydrogen-bond acceptors (Lipinski definition) is 2. The third kappa shape index (κ3) is 5.69. The molecule has 0 unspecified atom stereocenters. The van der Waals surface area contributed by atoms with Gasteiger partial charge in [-0.15, -0.1) is 0 Å².